The SMILES string of the molecule is O=S1(=O)N=C2C3=C[CH+]C=CC3C3C=CC=CC3=C2N1. The molecule has 19 heavy (non-hydrogen) atoms. The Morgan fingerprint density at radius 3 is 3.00 bits per heavy atom. The maximum Gasteiger partial charge on any atom is 0.344 e. The average molecular weight is 271 g/mol. The third-order valence-corrected chi connectivity index (χ3v) is 4.64. The van der Waals surface area contributed by atoms with Crippen LogP contribution in [0.4, 0.5) is 0 Å². The molecule has 0 aromatic carbocycles. The quantitative estimate of drug-likeness (QED) is 0.680. The number of fused-ring (bicyclic) bond motifs is 5. The van der Waals surface area contributed by atoms with Gasteiger partial charge in [0, 0.05) is 24.5 Å². The predicted molar refractivity (Wildman–Crippen MR) is 73.3 cm³/mol. The lowest BCUT2D eigenvalue weighted by atomic mass is 9.70. The van der Waals surface area contributed by atoms with Gasteiger partial charge in [0.25, 0.3) is 0 Å². The summed E-state index contributed by atoms with van der Waals surface area (Å²) < 4.78 is 29.8. The minimum atomic E-state index is -3.59. The molecule has 4 nitrogen and oxygen atoms in total. The van der Waals surface area contributed by atoms with Crippen molar-refractivity contribution in [2.45, 2.75) is 0 Å². The molecule has 94 valence electrons. The zero-order valence-corrected chi connectivity index (χ0v) is 10.8. The number of nitrogens with one attached hydrogen (secondary N) is 1. The van der Waals surface area contributed by atoms with Crippen LogP contribution in [0.15, 0.2) is 63.8 Å². The number of hydrogen-bond donors (Lipinski definition) is 1. The Kier molecular flexibility index (Phi) is 2.01. The minimum Gasteiger partial charge on any atom is -0.261 e. The van der Waals surface area contributed by atoms with Crippen LogP contribution in [0.1, 0.15) is 0 Å². The molecule has 0 amide bonds. The third kappa shape index (κ3) is 1.48. The van der Waals surface area contributed by atoms with Crippen LogP contribution >= 0.6 is 0 Å². The second-order valence-electron chi connectivity index (χ2n) is 4.84. The fraction of sp³-hybridized carbons (Fsp3) is 0.143. The van der Waals surface area contributed by atoms with Crippen LogP contribution in [0.25, 0.3) is 0 Å². The maximum atomic E-state index is 11.7. The van der Waals surface area contributed by atoms with Gasteiger partial charge in [-0.05, 0) is 5.57 Å². The summed E-state index contributed by atoms with van der Waals surface area (Å²) in [4.78, 5) is 0. The van der Waals surface area contributed by atoms with Gasteiger partial charge in [0.15, 0.2) is 5.71 Å². The van der Waals surface area contributed by atoms with Gasteiger partial charge in [0.05, 0.1) is 17.3 Å². The molecule has 1 aliphatic heterocycles. The molecule has 0 bridgehead atoms. The zero-order valence-electron chi connectivity index (χ0n) is 9.95. The molecule has 4 aliphatic rings. The van der Waals surface area contributed by atoms with Crippen LogP contribution in [0, 0.1) is 18.3 Å². The highest BCUT2D eigenvalue weighted by atomic mass is 32.2. The molecule has 1 N–H and O–H groups in total. The summed E-state index contributed by atoms with van der Waals surface area (Å²) in [5.74, 6) is 0.342. The molecule has 0 saturated heterocycles. The molecule has 2 atom stereocenters. The molecule has 0 saturated carbocycles. The van der Waals surface area contributed by atoms with E-state index in [1.807, 2.05) is 36.8 Å². The summed E-state index contributed by atoms with van der Waals surface area (Å²) in [7, 11) is -3.59. The van der Waals surface area contributed by atoms with Crippen molar-refractivity contribution in [3.05, 3.63) is 65.8 Å². The van der Waals surface area contributed by atoms with E-state index < -0.39 is 10.2 Å². The first-order valence-electron chi connectivity index (χ1n) is 6.10. The summed E-state index contributed by atoms with van der Waals surface area (Å²) in [6.45, 7) is 0. The first kappa shape index (κ1) is 10.9. The Morgan fingerprint density at radius 2 is 2.11 bits per heavy atom. The molecule has 1 heterocycles. The van der Waals surface area contributed by atoms with Crippen molar-refractivity contribution in [2.75, 3.05) is 0 Å². The molecule has 5 heteroatoms. The summed E-state index contributed by atoms with van der Waals surface area (Å²) >= 11 is 0. The van der Waals surface area contributed by atoms with Gasteiger partial charge in [-0.3, -0.25) is 4.72 Å². The molecule has 4 rings (SSSR count). The zero-order chi connectivity index (χ0) is 13.0. The Balaban J connectivity index is 2.01. The van der Waals surface area contributed by atoms with Crippen LogP contribution in [0.5, 0.6) is 0 Å². The van der Waals surface area contributed by atoms with E-state index in [4.69, 9.17) is 0 Å². The molecular formula is C14H11N2O2S+. The van der Waals surface area contributed by atoms with Crippen molar-refractivity contribution in [3.63, 3.8) is 0 Å². The van der Waals surface area contributed by atoms with Crippen molar-refractivity contribution in [3.8, 4) is 0 Å². The summed E-state index contributed by atoms with van der Waals surface area (Å²) in [5, 5.41) is 0. The Hall–Kier alpha value is -2.01. The predicted octanol–water partition coefficient (Wildman–Crippen LogP) is 1.60. The van der Waals surface area contributed by atoms with Gasteiger partial charge in [-0.1, -0.05) is 24.3 Å². The smallest absolute Gasteiger partial charge is 0.261 e. The van der Waals surface area contributed by atoms with Crippen molar-refractivity contribution < 1.29 is 8.42 Å². The van der Waals surface area contributed by atoms with E-state index in [1.165, 1.54) is 0 Å². The average Bonchev–Trinajstić information content (AvgIpc) is 2.75. The molecule has 0 aromatic rings. The minimum absolute atomic E-state index is 0.166. The lowest BCUT2D eigenvalue weighted by Gasteiger charge is -2.29. The van der Waals surface area contributed by atoms with Gasteiger partial charge < -0.3 is 0 Å². The Morgan fingerprint density at radius 1 is 1.21 bits per heavy atom. The van der Waals surface area contributed by atoms with Gasteiger partial charge in [-0.25, -0.2) is 0 Å². The summed E-state index contributed by atoms with van der Waals surface area (Å²) in [5.41, 5.74) is 3.17. The van der Waals surface area contributed by atoms with Crippen molar-refractivity contribution >= 4 is 15.9 Å². The van der Waals surface area contributed by atoms with Gasteiger partial charge in [-0.2, -0.15) is 8.42 Å². The highest BCUT2D eigenvalue weighted by molar-refractivity contribution is 7.89. The van der Waals surface area contributed by atoms with Crippen molar-refractivity contribution in [2.24, 2.45) is 16.2 Å². The molecule has 0 fully saturated rings. The maximum absolute atomic E-state index is 11.7. The van der Waals surface area contributed by atoms with E-state index in [2.05, 4.69) is 21.3 Å². The van der Waals surface area contributed by atoms with Gasteiger partial charge in [0.2, 0.25) is 0 Å². The van der Waals surface area contributed by atoms with Crippen molar-refractivity contribution in [1.29, 1.82) is 0 Å². The second-order valence-corrected chi connectivity index (χ2v) is 6.18. The fourth-order valence-electron chi connectivity index (χ4n) is 2.99. The highest BCUT2D eigenvalue weighted by Gasteiger charge is 2.45. The molecule has 3 aliphatic carbocycles. The first-order chi connectivity index (χ1) is 9.16. The highest BCUT2D eigenvalue weighted by Crippen LogP contribution is 2.43. The van der Waals surface area contributed by atoms with Crippen LogP contribution in [-0.2, 0) is 10.2 Å². The van der Waals surface area contributed by atoms with Crippen molar-refractivity contribution in [1.82, 2.24) is 4.72 Å². The standard InChI is InChI=1S/C14H11N2O2S/c17-19(18)15-13-11-7-3-1-5-9(11)10-6-2-4-8-12(10)14(13)16-19/h1-10,15H/q+1. The molecule has 2 unspecified atom stereocenters. The van der Waals surface area contributed by atoms with E-state index in [9.17, 15) is 8.42 Å². The van der Waals surface area contributed by atoms with Crippen LogP contribution < -0.4 is 4.72 Å². The normalized spacial score (nSPS) is 32.6. The van der Waals surface area contributed by atoms with Crippen LogP contribution in [-0.4, -0.2) is 14.1 Å². The van der Waals surface area contributed by atoms with Crippen LogP contribution in [0.3, 0.4) is 0 Å². The number of nitrogens with zero attached hydrogens (tertiary/aromatic N) is 1. The van der Waals surface area contributed by atoms with E-state index >= 15 is 0 Å². The van der Waals surface area contributed by atoms with E-state index in [1.54, 1.807) is 0 Å². The van der Waals surface area contributed by atoms with Gasteiger partial charge in [0.1, 0.15) is 5.92 Å². The monoisotopic (exact) mass is 271 g/mol. The molecule has 0 radical (unpaired) electrons. The number of rotatable bonds is 0. The second kappa shape index (κ2) is 3.51. The van der Waals surface area contributed by atoms with E-state index in [0.717, 1.165) is 11.1 Å². The number of hydrogen-bond acceptors (Lipinski definition) is 2. The first-order valence-corrected chi connectivity index (χ1v) is 7.54. The third-order valence-electron chi connectivity index (χ3n) is 3.76. The summed E-state index contributed by atoms with van der Waals surface area (Å²) in [6.07, 6.45) is 16.0. The van der Waals surface area contributed by atoms with Crippen LogP contribution in [0.2, 0.25) is 0 Å². The number of allylic oxidation sites excluding steroid dienone is 9. The lowest BCUT2D eigenvalue weighted by Crippen LogP contribution is -2.32. The Labute approximate surface area is 111 Å². The van der Waals surface area contributed by atoms with Gasteiger partial charge in [-0.15, -0.1) is 4.40 Å². The fourth-order valence-corrected chi connectivity index (χ4v) is 3.94. The largest absolute Gasteiger partial charge is 0.344 e. The lowest BCUT2D eigenvalue weighted by molar-refractivity contribution is 0.591. The molecule has 0 spiro atoms. The van der Waals surface area contributed by atoms with E-state index in [0.29, 0.717) is 11.4 Å². The molecule has 0 aromatic heterocycles. The Bertz CT molecular complexity index is 748. The summed E-state index contributed by atoms with van der Waals surface area (Å²) in [6, 6.07) is 0. The topological polar surface area (TPSA) is 58.5 Å². The molecular weight excluding hydrogens is 260 g/mol. The van der Waals surface area contributed by atoms with Gasteiger partial charge >= 0.3 is 10.2 Å². The van der Waals surface area contributed by atoms with E-state index in [-0.39, 0.29) is 11.8 Å².